The lowest BCUT2D eigenvalue weighted by molar-refractivity contribution is -0.124. The molecule has 0 unspecified atom stereocenters. The average molecular weight is 304 g/mol. The van der Waals surface area contributed by atoms with Gasteiger partial charge < -0.3 is 10.6 Å². The third-order valence-electron chi connectivity index (χ3n) is 3.52. The van der Waals surface area contributed by atoms with E-state index in [0.29, 0.717) is 6.54 Å². The minimum atomic E-state index is -0.123. The number of unbranched alkanes of at least 4 members (excludes halogenated alkanes) is 4. The van der Waals surface area contributed by atoms with Crippen molar-refractivity contribution in [1.82, 2.24) is 5.32 Å². The number of benzene rings is 1. The van der Waals surface area contributed by atoms with Crippen LogP contribution in [0.25, 0.3) is 0 Å². The molecule has 2 N–H and O–H groups in total. The Labute approximate surface area is 133 Å². The van der Waals surface area contributed by atoms with Crippen LogP contribution in [0.15, 0.2) is 24.3 Å². The van der Waals surface area contributed by atoms with E-state index in [2.05, 4.69) is 17.6 Å². The van der Waals surface area contributed by atoms with Crippen molar-refractivity contribution in [3.63, 3.8) is 0 Å². The minimum Gasteiger partial charge on any atom is -0.356 e. The van der Waals surface area contributed by atoms with Gasteiger partial charge in [0.15, 0.2) is 0 Å². The molecular weight excluding hydrogens is 276 g/mol. The molecule has 0 aliphatic rings. The Morgan fingerprint density at radius 2 is 1.55 bits per heavy atom. The molecule has 0 heterocycles. The number of aryl methyl sites for hydroxylation is 1. The Kier molecular flexibility index (Phi) is 8.96. The van der Waals surface area contributed by atoms with Gasteiger partial charge in [0.1, 0.15) is 0 Å². The van der Waals surface area contributed by atoms with Gasteiger partial charge in [0.25, 0.3) is 0 Å². The van der Waals surface area contributed by atoms with Crippen LogP contribution in [0.5, 0.6) is 0 Å². The van der Waals surface area contributed by atoms with Gasteiger partial charge >= 0.3 is 0 Å². The topological polar surface area (TPSA) is 58.2 Å². The summed E-state index contributed by atoms with van der Waals surface area (Å²) in [6, 6.07) is 7.62. The zero-order valence-corrected chi connectivity index (χ0v) is 13.8. The summed E-state index contributed by atoms with van der Waals surface area (Å²) in [5, 5.41) is 5.66. The number of hydrogen-bond acceptors (Lipinski definition) is 2. The van der Waals surface area contributed by atoms with Gasteiger partial charge in [0.05, 0.1) is 0 Å². The molecule has 4 heteroatoms. The molecule has 122 valence electrons. The Morgan fingerprint density at radius 1 is 0.909 bits per heavy atom. The van der Waals surface area contributed by atoms with Gasteiger partial charge in [-0.25, -0.2) is 0 Å². The van der Waals surface area contributed by atoms with Crippen molar-refractivity contribution in [1.29, 1.82) is 0 Å². The Balaban J connectivity index is 2.10. The van der Waals surface area contributed by atoms with Crippen molar-refractivity contribution < 1.29 is 9.59 Å². The minimum absolute atomic E-state index is 0.0467. The smallest absolute Gasteiger partial charge is 0.224 e. The molecular formula is C18H28N2O2. The lowest BCUT2D eigenvalue weighted by Gasteiger charge is -2.07. The molecule has 0 radical (unpaired) electrons. The first-order chi connectivity index (χ1) is 10.6. The van der Waals surface area contributed by atoms with E-state index < -0.39 is 0 Å². The standard InChI is InChI=1S/C18H28N2O2/c1-3-4-5-6-7-14-19-17(21)12-13-18(22)20-16-10-8-15(2)9-11-16/h8-11H,3-7,12-14H2,1-2H3,(H,19,21)(H,20,22). The number of carbonyl (C=O) groups excluding carboxylic acids is 2. The second-order valence-corrected chi connectivity index (χ2v) is 5.68. The van der Waals surface area contributed by atoms with Crippen molar-refractivity contribution in [2.24, 2.45) is 0 Å². The van der Waals surface area contributed by atoms with Gasteiger partial charge in [-0.15, -0.1) is 0 Å². The predicted molar refractivity (Wildman–Crippen MR) is 90.8 cm³/mol. The number of anilines is 1. The number of rotatable bonds is 10. The fourth-order valence-corrected chi connectivity index (χ4v) is 2.13. The lowest BCUT2D eigenvalue weighted by atomic mass is 10.1. The number of nitrogens with one attached hydrogen (secondary N) is 2. The predicted octanol–water partition coefficient (Wildman–Crippen LogP) is 3.80. The SMILES string of the molecule is CCCCCCCNC(=O)CCC(=O)Nc1ccc(C)cc1. The zero-order chi connectivity index (χ0) is 16.2. The highest BCUT2D eigenvalue weighted by molar-refractivity contribution is 5.93. The zero-order valence-electron chi connectivity index (χ0n) is 13.8. The molecule has 2 amide bonds. The van der Waals surface area contributed by atoms with Gasteiger partial charge in [0.2, 0.25) is 11.8 Å². The molecule has 0 fully saturated rings. The maximum absolute atomic E-state index is 11.8. The largest absolute Gasteiger partial charge is 0.356 e. The molecule has 1 rings (SSSR count). The number of amides is 2. The summed E-state index contributed by atoms with van der Waals surface area (Å²) in [6.45, 7) is 4.89. The summed E-state index contributed by atoms with van der Waals surface area (Å²) in [7, 11) is 0. The fourth-order valence-electron chi connectivity index (χ4n) is 2.13. The van der Waals surface area contributed by atoms with E-state index in [-0.39, 0.29) is 24.7 Å². The van der Waals surface area contributed by atoms with E-state index in [4.69, 9.17) is 0 Å². The van der Waals surface area contributed by atoms with Crippen LogP contribution in [0.3, 0.4) is 0 Å². The van der Waals surface area contributed by atoms with Crippen molar-refractivity contribution in [2.45, 2.75) is 58.8 Å². The molecule has 0 bridgehead atoms. The Bertz CT molecular complexity index is 455. The molecule has 0 saturated carbocycles. The molecule has 22 heavy (non-hydrogen) atoms. The van der Waals surface area contributed by atoms with Crippen LogP contribution in [0.2, 0.25) is 0 Å². The number of hydrogen-bond donors (Lipinski definition) is 2. The van der Waals surface area contributed by atoms with Crippen LogP contribution in [0.4, 0.5) is 5.69 Å². The fraction of sp³-hybridized carbons (Fsp3) is 0.556. The van der Waals surface area contributed by atoms with Crippen molar-refractivity contribution >= 4 is 17.5 Å². The van der Waals surface area contributed by atoms with Crippen LogP contribution in [-0.4, -0.2) is 18.4 Å². The first-order valence-electron chi connectivity index (χ1n) is 8.25. The van der Waals surface area contributed by atoms with E-state index in [1.807, 2.05) is 31.2 Å². The molecule has 0 aliphatic heterocycles. The molecule has 1 aromatic rings. The van der Waals surface area contributed by atoms with Crippen LogP contribution >= 0.6 is 0 Å². The summed E-state index contributed by atoms with van der Waals surface area (Å²) in [4.78, 5) is 23.4. The van der Waals surface area contributed by atoms with Crippen molar-refractivity contribution in [2.75, 3.05) is 11.9 Å². The van der Waals surface area contributed by atoms with Gasteiger partial charge in [-0.05, 0) is 25.5 Å². The highest BCUT2D eigenvalue weighted by atomic mass is 16.2. The van der Waals surface area contributed by atoms with Crippen LogP contribution in [-0.2, 0) is 9.59 Å². The van der Waals surface area contributed by atoms with E-state index in [1.165, 1.54) is 19.3 Å². The quantitative estimate of drug-likeness (QED) is 0.646. The Morgan fingerprint density at radius 3 is 2.23 bits per heavy atom. The van der Waals surface area contributed by atoms with Gasteiger partial charge in [-0.1, -0.05) is 50.3 Å². The normalized spacial score (nSPS) is 10.3. The second-order valence-electron chi connectivity index (χ2n) is 5.68. The Hall–Kier alpha value is -1.84. The maximum atomic E-state index is 11.8. The van der Waals surface area contributed by atoms with Crippen molar-refractivity contribution in [3.05, 3.63) is 29.8 Å². The lowest BCUT2D eigenvalue weighted by Crippen LogP contribution is -2.25. The molecule has 0 aliphatic carbocycles. The van der Waals surface area contributed by atoms with Crippen LogP contribution < -0.4 is 10.6 Å². The third-order valence-corrected chi connectivity index (χ3v) is 3.52. The highest BCUT2D eigenvalue weighted by Gasteiger charge is 2.06. The molecule has 0 atom stereocenters. The van der Waals surface area contributed by atoms with E-state index in [1.54, 1.807) is 0 Å². The first kappa shape index (κ1) is 18.2. The molecule has 1 aromatic carbocycles. The van der Waals surface area contributed by atoms with Gasteiger partial charge in [-0.2, -0.15) is 0 Å². The van der Waals surface area contributed by atoms with Crippen LogP contribution in [0, 0.1) is 6.92 Å². The van der Waals surface area contributed by atoms with E-state index >= 15 is 0 Å². The first-order valence-corrected chi connectivity index (χ1v) is 8.25. The second kappa shape index (κ2) is 10.8. The number of carbonyl (C=O) groups is 2. The summed E-state index contributed by atoms with van der Waals surface area (Å²) < 4.78 is 0. The molecule has 0 saturated heterocycles. The van der Waals surface area contributed by atoms with Gasteiger partial charge in [-0.3, -0.25) is 9.59 Å². The maximum Gasteiger partial charge on any atom is 0.224 e. The summed E-state index contributed by atoms with van der Waals surface area (Å²) in [6.07, 6.45) is 6.34. The van der Waals surface area contributed by atoms with Crippen LogP contribution in [0.1, 0.15) is 57.4 Å². The average Bonchev–Trinajstić information content (AvgIpc) is 2.51. The molecule has 4 nitrogen and oxygen atoms in total. The molecule has 0 spiro atoms. The van der Waals surface area contributed by atoms with E-state index in [0.717, 1.165) is 24.1 Å². The van der Waals surface area contributed by atoms with E-state index in [9.17, 15) is 9.59 Å². The highest BCUT2D eigenvalue weighted by Crippen LogP contribution is 2.09. The van der Waals surface area contributed by atoms with Gasteiger partial charge in [0, 0.05) is 25.1 Å². The third kappa shape index (κ3) is 8.45. The summed E-state index contributed by atoms with van der Waals surface area (Å²) in [5.41, 5.74) is 1.92. The molecule has 0 aromatic heterocycles. The summed E-state index contributed by atoms with van der Waals surface area (Å²) in [5.74, 6) is -0.170. The monoisotopic (exact) mass is 304 g/mol. The van der Waals surface area contributed by atoms with Crippen molar-refractivity contribution in [3.8, 4) is 0 Å². The summed E-state index contributed by atoms with van der Waals surface area (Å²) >= 11 is 0.